The van der Waals surface area contributed by atoms with E-state index >= 15 is 0 Å². The van der Waals surface area contributed by atoms with Gasteiger partial charge >= 0.3 is 0 Å². The van der Waals surface area contributed by atoms with Crippen LogP contribution >= 0.6 is 0 Å². The second kappa shape index (κ2) is 2.54. The summed E-state index contributed by atoms with van der Waals surface area (Å²) in [5.41, 5.74) is 0. The lowest BCUT2D eigenvalue weighted by Gasteiger charge is -1.97. The highest BCUT2D eigenvalue weighted by Gasteiger charge is 2.48. The molecule has 2 aliphatic carbocycles. The molecule has 0 saturated heterocycles. The zero-order valence-corrected chi connectivity index (χ0v) is 6.42. The minimum Gasteiger partial charge on any atom is -0.396 e. The monoisotopic (exact) mass is 140 g/mol. The summed E-state index contributed by atoms with van der Waals surface area (Å²) in [6, 6.07) is 0. The van der Waals surface area contributed by atoms with Crippen LogP contribution in [0.15, 0.2) is 0 Å². The molecule has 1 nitrogen and oxygen atoms in total. The van der Waals surface area contributed by atoms with Crippen molar-refractivity contribution in [3.05, 3.63) is 0 Å². The number of hydrogen-bond donors (Lipinski definition) is 1. The van der Waals surface area contributed by atoms with Gasteiger partial charge in [0.05, 0.1) is 0 Å². The Morgan fingerprint density at radius 1 is 1.00 bits per heavy atom. The van der Waals surface area contributed by atoms with E-state index in [9.17, 15) is 0 Å². The summed E-state index contributed by atoms with van der Waals surface area (Å²) in [4.78, 5) is 0. The maximum atomic E-state index is 8.93. The summed E-state index contributed by atoms with van der Waals surface area (Å²) in [7, 11) is 0. The van der Waals surface area contributed by atoms with Crippen molar-refractivity contribution in [3.8, 4) is 0 Å². The SMILES string of the molecule is OCC1[C@H]2CCCCC[C@@H]12. The van der Waals surface area contributed by atoms with Crippen molar-refractivity contribution in [1.29, 1.82) is 0 Å². The van der Waals surface area contributed by atoms with E-state index in [-0.39, 0.29) is 0 Å². The molecule has 2 fully saturated rings. The Kier molecular flexibility index (Phi) is 1.69. The fraction of sp³-hybridized carbons (Fsp3) is 1.00. The summed E-state index contributed by atoms with van der Waals surface area (Å²) >= 11 is 0. The van der Waals surface area contributed by atoms with Crippen LogP contribution in [0.4, 0.5) is 0 Å². The Morgan fingerprint density at radius 3 is 2.10 bits per heavy atom. The summed E-state index contributed by atoms with van der Waals surface area (Å²) in [6.07, 6.45) is 7.06. The molecule has 1 heteroatoms. The summed E-state index contributed by atoms with van der Waals surface area (Å²) in [6.45, 7) is 0.454. The van der Waals surface area contributed by atoms with Crippen LogP contribution in [0.1, 0.15) is 32.1 Å². The predicted molar refractivity (Wildman–Crippen MR) is 40.6 cm³/mol. The van der Waals surface area contributed by atoms with E-state index in [1.54, 1.807) is 0 Å². The van der Waals surface area contributed by atoms with Crippen molar-refractivity contribution in [2.45, 2.75) is 32.1 Å². The fourth-order valence-corrected chi connectivity index (χ4v) is 2.59. The number of fused-ring (bicyclic) bond motifs is 1. The van der Waals surface area contributed by atoms with Crippen molar-refractivity contribution in [2.24, 2.45) is 17.8 Å². The Balaban J connectivity index is 1.89. The van der Waals surface area contributed by atoms with E-state index in [0.29, 0.717) is 12.5 Å². The van der Waals surface area contributed by atoms with Crippen LogP contribution in [0.25, 0.3) is 0 Å². The van der Waals surface area contributed by atoms with Gasteiger partial charge in [0.2, 0.25) is 0 Å². The van der Waals surface area contributed by atoms with Crippen molar-refractivity contribution < 1.29 is 5.11 Å². The second-order valence-corrected chi connectivity index (χ2v) is 3.81. The van der Waals surface area contributed by atoms with Gasteiger partial charge in [0.25, 0.3) is 0 Å². The average Bonchev–Trinajstić information content (AvgIpc) is 2.59. The Labute approximate surface area is 62.4 Å². The largest absolute Gasteiger partial charge is 0.396 e. The number of hydrogen-bond acceptors (Lipinski definition) is 1. The number of aliphatic hydroxyl groups excluding tert-OH is 1. The maximum absolute atomic E-state index is 8.93. The topological polar surface area (TPSA) is 20.2 Å². The van der Waals surface area contributed by atoms with Gasteiger partial charge < -0.3 is 5.11 Å². The first-order valence-corrected chi connectivity index (χ1v) is 4.54. The normalized spacial score (nSPS) is 45.9. The minimum atomic E-state index is 0.454. The lowest BCUT2D eigenvalue weighted by Crippen LogP contribution is -1.91. The van der Waals surface area contributed by atoms with Gasteiger partial charge in [-0.3, -0.25) is 0 Å². The quantitative estimate of drug-likeness (QED) is 0.589. The van der Waals surface area contributed by atoms with E-state index in [0.717, 1.165) is 11.8 Å². The molecule has 0 aromatic rings. The molecule has 0 spiro atoms. The van der Waals surface area contributed by atoms with Crippen LogP contribution in [-0.2, 0) is 0 Å². The first-order valence-electron chi connectivity index (χ1n) is 4.54. The van der Waals surface area contributed by atoms with Gasteiger partial charge in [0, 0.05) is 6.61 Å². The Hall–Kier alpha value is -0.0400. The highest BCUT2D eigenvalue weighted by atomic mass is 16.3. The molecule has 0 aromatic heterocycles. The summed E-state index contributed by atoms with van der Waals surface area (Å²) in [5, 5.41) is 8.93. The van der Waals surface area contributed by atoms with Crippen molar-refractivity contribution in [3.63, 3.8) is 0 Å². The molecule has 0 radical (unpaired) electrons. The third kappa shape index (κ3) is 0.968. The van der Waals surface area contributed by atoms with E-state index < -0.39 is 0 Å². The van der Waals surface area contributed by atoms with Gasteiger partial charge in [-0.1, -0.05) is 19.3 Å². The van der Waals surface area contributed by atoms with E-state index in [4.69, 9.17) is 5.11 Å². The lowest BCUT2D eigenvalue weighted by atomic mass is 10.1. The zero-order valence-electron chi connectivity index (χ0n) is 6.42. The maximum Gasteiger partial charge on any atom is 0.0464 e. The molecular formula is C9H16O. The van der Waals surface area contributed by atoms with Crippen LogP contribution in [-0.4, -0.2) is 11.7 Å². The molecule has 2 saturated carbocycles. The number of aliphatic hydroxyl groups is 1. The standard InChI is InChI=1S/C9H16O/c10-6-9-7-4-2-1-3-5-8(7)9/h7-10H,1-6H2/t7-,8+,9?. The molecule has 1 N–H and O–H groups in total. The molecule has 10 heavy (non-hydrogen) atoms. The molecule has 0 aromatic carbocycles. The molecule has 2 rings (SSSR count). The summed E-state index contributed by atoms with van der Waals surface area (Å²) in [5.74, 6) is 2.56. The third-order valence-corrected chi connectivity index (χ3v) is 3.29. The molecule has 0 aliphatic heterocycles. The van der Waals surface area contributed by atoms with Crippen molar-refractivity contribution in [2.75, 3.05) is 6.61 Å². The van der Waals surface area contributed by atoms with Crippen molar-refractivity contribution >= 4 is 0 Å². The molecule has 2 aliphatic rings. The van der Waals surface area contributed by atoms with Gasteiger partial charge in [-0.05, 0) is 30.6 Å². The fourth-order valence-electron chi connectivity index (χ4n) is 2.59. The predicted octanol–water partition coefficient (Wildman–Crippen LogP) is 1.80. The molecule has 1 unspecified atom stereocenters. The van der Waals surface area contributed by atoms with Gasteiger partial charge in [-0.25, -0.2) is 0 Å². The summed E-state index contributed by atoms with van der Waals surface area (Å²) < 4.78 is 0. The molecule has 3 atom stereocenters. The third-order valence-electron chi connectivity index (χ3n) is 3.29. The zero-order chi connectivity index (χ0) is 6.97. The highest BCUT2D eigenvalue weighted by molar-refractivity contribution is 4.97. The molecule has 58 valence electrons. The van der Waals surface area contributed by atoms with Crippen LogP contribution in [0, 0.1) is 17.8 Å². The van der Waals surface area contributed by atoms with Crippen molar-refractivity contribution in [1.82, 2.24) is 0 Å². The van der Waals surface area contributed by atoms with Crippen LogP contribution in [0.3, 0.4) is 0 Å². The first-order chi connectivity index (χ1) is 4.93. The Morgan fingerprint density at radius 2 is 1.60 bits per heavy atom. The Bertz CT molecular complexity index is 110. The average molecular weight is 140 g/mol. The molecule has 0 heterocycles. The van der Waals surface area contributed by atoms with Gasteiger partial charge in [-0.15, -0.1) is 0 Å². The van der Waals surface area contributed by atoms with Crippen LogP contribution in [0.2, 0.25) is 0 Å². The van der Waals surface area contributed by atoms with E-state index in [1.807, 2.05) is 0 Å². The van der Waals surface area contributed by atoms with Crippen LogP contribution < -0.4 is 0 Å². The number of rotatable bonds is 1. The van der Waals surface area contributed by atoms with Gasteiger partial charge in [0.15, 0.2) is 0 Å². The molecule has 0 bridgehead atoms. The van der Waals surface area contributed by atoms with E-state index in [2.05, 4.69) is 0 Å². The van der Waals surface area contributed by atoms with Gasteiger partial charge in [0.1, 0.15) is 0 Å². The molecule has 0 amide bonds. The molecular weight excluding hydrogens is 124 g/mol. The minimum absolute atomic E-state index is 0.454. The highest BCUT2D eigenvalue weighted by Crippen LogP contribution is 2.53. The lowest BCUT2D eigenvalue weighted by molar-refractivity contribution is 0.259. The van der Waals surface area contributed by atoms with Crippen LogP contribution in [0.5, 0.6) is 0 Å². The smallest absolute Gasteiger partial charge is 0.0464 e. The van der Waals surface area contributed by atoms with E-state index in [1.165, 1.54) is 32.1 Å². The second-order valence-electron chi connectivity index (χ2n) is 3.81. The van der Waals surface area contributed by atoms with Gasteiger partial charge in [-0.2, -0.15) is 0 Å². The first kappa shape index (κ1) is 6.66.